The summed E-state index contributed by atoms with van der Waals surface area (Å²) in [4.78, 5) is 26.7. The molecule has 0 atom stereocenters. The highest BCUT2D eigenvalue weighted by atomic mass is 32.1. The molecule has 0 spiro atoms. The van der Waals surface area contributed by atoms with Crippen LogP contribution in [0, 0.1) is 6.92 Å². The standard InChI is InChI=1S/C22H26N4O2S/c1-17-6-4-7-18(16-17)28-15-3-2-9-20(27)25-11-13-26(14-12-25)22-24-19-8-5-10-23-21(19)29-22/h4-8,10,16H,2-3,9,11-15H2,1H3. The molecular formula is C22H26N4O2S. The fraction of sp³-hybridized carbons (Fsp3) is 0.409. The second-order valence-electron chi connectivity index (χ2n) is 7.31. The molecule has 0 saturated carbocycles. The summed E-state index contributed by atoms with van der Waals surface area (Å²) in [6.07, 6.45) is 4.13. The number of nitrogens with zero attached hydrogens (tertiary/aromatic N) is 4. The molecule has 3 heterocycles. The molecule has 2 aromatic heterocycles. The number of anilines is 1. The third-order valence-electron chi connectivity index (χ3n) is 5.10. The molecule has 152 valence electrons. The Kier molecular flexibility index (Phi) is 6.24. The van der Waals surface area contributed by atoms with Gasteiger partial charge in [0.1, 0.15) is 16.1 Å². The number of carbonyl (C=O) groups excluding carboxylic acids is 1. The topological polar surface area (TPSA) is 58.6 Å². The molecule has 7 heteroatoms. The molecule has 1 aliphatic rings. The molecule has 0 bridgehead atoms. The molecule has 6 nitrogen and oxygen atoms in total. The van der Waals surface area contributed by atoms with Crippen molar-refractivity contribution < 1.29 is 9.53 Å². The number of rotatable bonds is 7. The number of unbranched alkanes of at least 4 members (excludes halogenated alkanes) is 1. The lowest BCUT2D eigenvalue weighted by Gasteiger charge is -2.34. The first kappa shape index (κ1) is 19.6. The summed E-state index contributed by atoms with van der Waals surface area (Å²) in [6.45, 7) is 5.85. The van der Waals surface area contributed by atoms with Crippen molar-refractivity contribution in [2.24, 2.45) is 0 Å². The summed E-state index contributed by atoms with van der Waals surface area (Å²) in [7, 11) is 0. The van der Waals surface area contributed by atoms with E-state index in [1.54, 1.807) is 17.5 Å². The van der Waals surface area contributed by atoms with Crippen molar-refractivity contribution in [2.75, 3.05) is 37.7 Å². The van der Waals surface area contributed by atoms with Gasteiger partial charge in [-0.2, -0.15) is 0 Å². The minimum atomic E-state index is 0.242. The Hall–Kier alpha value is -2.67. The first-order chi connectivity index (χ1) is 14.2. The van der Waals surface area contributed by atoms with E-state index >= 15 is 0 Å². The van der Waals surface area contributed by atoms with Gasteiger partial charge in [-0.3, -0.25) is 4.79 Å². The van der Waals surface area contributed by atoms with Crippen molar-refractivity contribution in [1.82, 2.24) is 14.9 Å². The zero-order valence-electron chi connectivity index (χ0n) is 16.7. The van der Waals surface area contributed by atoms with Gasteiger partial charge in [0.25, 0.3) is 0 Å². The van der Waals surface area contributed by atoms with Crippen molar-refractivity contribution in [3.63, 3.8) is 0 Å². The number of carbonyl (C=O) groups is 1. The molecule has 0 radical (unpaired) electrons. The van der Waals surface area contributed by atoms with Gasteiger partial charge >= 0.3 is 0 Å². The van der Waals surface area contributed by atoms with Gasteiger partial charge < -0.3 is 14.5 Å². The maximum Gasteiger partial charge on any atom is 0.222 e. The van der Waals surface area contributed by atoms with Crippen LogP contribution in [-0.4, -0.2) is 53.6 Å². The van der Waals surface area contributed by atoms with Crippen LogP contribution in [0.25, 0.3) is 10.3 Å². The first-order valence-corrected chi connectivity index (χ1v) is 10.9. The SMILES string of the molecule is Cc1cccc(OCCCCC(=O)N2CCN(c3nc4cccnc4s3)CC2)c1. The van der Waals surface area contributed by atoms with Gasteiger partial charge in [-0.05, 0) is 49.6 Å². The Morgan fingerprint density at radius 3 is 2.79 bits per heavy atom. The quantitative estimate of drug-likeness (QED) is 0.553. The number of hydrogen-bond acceptors (Lipinski definition) is 6. The van der Waals surface area contributed by atoms with E-state index in [2.05, 4.69) is 27.9 Å². The predicted molar refractivity (Wildman–Crippen MR) is 117 cm³/mol. The number of benzene rings is 1. The van der Waals surface area contributed by atoms with E-state index in [1.807, 2.05) is 35.2 Å². The number of amides is 1. The summed E-state index contributed by atoms with van der Waals surface area (Å²) < 4.78 is 5.76. The summed E-state index contributed by atoms with van der Waals surface area (Å²) in [5.74, 6) is 1.14. The highest BCUT2D eigenvalue weighted by Gasteiger charge is 2.22. The van der Waals surface area contributed by atoms with Gasteiger partial charge in [-0.25, -0.2) is 9.97 Å². The van der Waals surface area contributed by atoms with E-state index in [0.29, 0.717) is 13.0 Å². The van der Waals surface area contributed by atoms with Crippen LogP contribution in [0.2, 0.25) is 0 Å². The molecule has 0 aliphatic carbocycles. The normalized spacial score (nSPS) is 14.4. The van der Waals surface area contributed by atoms with Gasteiger partial charge in [-0.15, -0.1) is 0 Å². The van der Waals surface area contributed by atoms with Crippen LogP contribution in [0.4, 0.5) is 5.13 Å². The molecular weight excluding hydrogens is 384 g/mol. The Balaban J connectivity index is 1.17. The van der Waals surface area contributed by atoms with E-state index < -0.39 is 0 Å². The zero-order valence-corrected chi connectivity index (χ0v) is 17.5. The second-order valence-corrected chi connectivity index (χ2v) is 8.27. The Labute approximate surface area is 175 Å². The van der Waals surface area contributed by atoms with Gasteiger partial charge in [0.15, 0.2) is 5.13 Å². The highest BCUT2D eigenvalue weighted by Crippen LogP contribution is 2.27. The number of fused-ring (bicyclic) bond motifs is 1. The average molecular weight is 411 g/mol. The maximum atomic E-state index is 12.5. The lowest BCUT2D eigenvalue weighted by atomic mass is 10.2. The van der Waals surface area contributed by atoms with Crippen LogP contribution in [0.3, 0.4) is 0 Å². The Morgan fingerprint density at radius 1 is 1.14 bits per heavy atom. The number of aryl methyl sites for hydroxylation is 1. The molecule has 1 amide bonds. The van der Waals surface area contributed by atoms with Crippen molar-refractivity contribution in [3.8, 4) is 5.75 Å². The minimum absolute atomic E-state index is 0.242. The highest BCUT2D eigenvalue weighted by molar-refractivity contribution is 7.21. The van der Waals surface area contributed by atoms with Gasteiger partial charge in [-0.1, -0.05) is 23.5 Å². The fourth-order valence-electron chi connectivity index (χ4n) is 3.47. The third kappa shape index (κ3) is 5.03. The zero-order chi connectivity index (χ0) is 20.1. The van der Waals surface area contributed by atoms with Gasteiger partial charge in [0.05, 0.1) is 6.61 Å². The Morgan fingerprint density at radius 2 is 2.00 bits per heavy atom. The summed E-state index contributed by atoms with van der Waals surface area (Å²) in [6, 6.07) is 12.0. The average Bonchev–Trinajstić information content (AvgIpc) is 3.18. The lowest BCUT2D eigenvalue weighted by molar-refractivity contribution is -0.131. The molecule has 29 heavy (non-hydrogen) atoms. The predicted octanol–water partition coefficient (Wildman–Crippen LogP) is 3.90. The van der Waals surface area contributed by atoms with Crippen LogP contribution < -0.4 is 9.64 Å². The number of piperazine rings is 1. The summed E-state index contributed by atoms with van der Waals surface area (Å²) in [5, 5.41) is 0.999. The van der Waals surface area contributed by atoms with E-state index in [0.717, 1.165) is 60.2 Å². The molecule has 3 aromatic rings. The van der Waals surface area contributed by atoms with Crippen molar-refractivity contribution in [1.29, 1.82) is 0 Å². The maximum absolute atomic E-state index is 12.5. The summed E-state index contributed by atoms with van der Waals surface area (Å²) >= 11 is 1.62. The number of ether oxygens (including phenoxy) is 1. The fourth-order valence-corrected chi connectivity index (χ4v) is 4.43. The number of pyridine rings is 1. The monoisotopic (exact) mass is 410 g/mol. The van der Waals surface area contributed by atoms with E-state index in [1.165, 1.54) is 5.56 Å². The molecule has 1 saturated heterocycles. The van der Waals surface area contributed by atoms with Gasteiger partial charge in [0, 0.05) is 38.8 Å². The molecule has 1 aromatic carbocycles. The van der Waals surface area contributed by atoms with Crippen LogP contribution in [0.5, 0.6) is 5.75 Å². The van der Waals surface area contributed by atoms with E-state index in [4.69, 9.17) is 4.74 Å². The van der Waals surface area contributed by atoms with Gasteiger partial charge in [0.2, 0.25) is 5.91 Å². The largest absolute Gasteiger partial charge is 0.494 e. The van der Waals surface area contributed by atoms with Crippen LogP contribution in [0.15, 0.2) is 42.6 Å². The van der Waals surface area contributed by atoms with Crippen molar-refractivity contribution >= 4 is 32.7 Å². The van der Waals surface area contributed by atoms with E-state index in [9.17, 15) is 4.79 Å². The van der Waals surface area contributed by atoms with E-state index in [-0.39, 0.29) is 5.91 Å². The van der Waals surface area contributed by atoms with Crippen molar-refractivity contribution in [2.45, 2.75) is 26.2 Å². The van der Waals surface area contributed by atoms with Crippen molar-refractivity contribution in [3.05, 3.63) is 48.2 Å². The summed E-state index contributed by atoms with van der Waals surface area (Å²) in [5.41, 5.74) is 2.14. The molecule has 0 N–H and O–H groups in total. The molecule has 4 rings (SSSR count). The first-order valence-electron chi connectivity index (χ1n) is 10.1. The minimum Gasteiger partial charge on any atom is -0.494 e. The Bertz CT molecular complexity index is 933. The third-order valence-corrected chi connectivity index (χ3v) is 6.14. The molecule has 1 aliphatic heterocycles. The number of hydrogen-bond donors (Lipinski definition) is 0. The lowest BCUT2D eigenvalue weighted by Crippen LogP contribution is -2.48. The number of thiazole rings is 1. The smallest absolute Gasteiger partial charge is 0.222 e. The van der Waals surface area contributed by atoms with Crippen LogP contribution in [-0.2, 0) is 4.79 Å². The van der Waals surface area contributed by atoms with Crippen LogP contribution >= 0.6 is 11.3 Å². The number of aromatic nitrogens is 2. The molecule has 1 fully saturated rings. The molecule has 0 unspecified atom stereocenters. The van der Waals surface area contributed by atoms with Crippen LogP contribution in [0.1, 0.15) is 24.8 Å². The second kappa shape index (κ2) is 9.22.